The van der Waals surface area contributed by atoms with Gasteiger partial charge in [0.1, 0.15) is 0 Å². The molecule has 88 valence electrons. The summed E-state index contributed by atoms with van der Waals surface area (Å²) < 4.78 is 11.0. The molecule has 0 saturated carbocycles. The first kappa shape index (κ1) is 12.5. The summed E-state index contributed by atoms with van der Waals surface area (Å²) in [4.78, 5) is 11.3. The van der Waals surface area contributed by atoms with Crippen LogP contribution >= 0.6 is 0 Å². The van der Waals surface area contributed by atoms with E-state index in [2.05, 4.69) is 0 Å². The normalized spacial score (nSPS) is 28.5. The van der Waals surface area contributed by atoms with E-state index in [1.165, 1.54) is 0 Å². The fourth-order valence-electron chi connectivity index (χ4n) is 1.87. The zero-order chi connectivity index (χ0) is 11.5. The maximum absolute atomic E-state index is 11.3. The average molecular weight is 216 g/mol. The molecule has 0 amide bonds. The third kappa shape index (κ3) is 3.47. The van der Waals surface area contributed by atoms with Crippen LogP contribution in [0.15, 0.2) is 0 Å². The highest BCUT2D eigenvalue weighted by molar-refractivity contribution is 5.77. The lowest BCUT2D eigenvalue weighted by molar-refractivity contribution is -0.188. The van der Waals surface area contributed by atoms with Crippen LogP contribution < -0.4 is 0 Å². The van der Waals surface area contributed by atoms with Crippen molar-refractivity contribution in [2.24, 2.45) is 0 Å². The molecule has 0 aromatic carbocycles. The minimum Gasteiger partial charge on any atom is -0.479 e. The van der Waals surface area contributed by atoms with E-state index >= 15 is 0 Å². The molecule has 1 fully saturated rings. The molecule has 1 saturated heterocycles. The summed E-state index contributed by atoms with van der Waals surface area (Å²) in [6.07, 6.45) is 1.70. The Hall–Kier alpha value is -0.610. The molecule has 4 heteroatoms. The third-order valence-corrected chi connectivity index (χ3v) is 2.41. The zero-order valence-electron chi connectivity index (χ0n) is 9.71. The van der Waals surface area contributed by atoms with Crippen molar-refractivity contribution in [3.8, 4) is 0 Å². The first-order chi connectivity index (χ1) is 6.86. The molecule has 0 aromatic heterocycles. The molecular formula is C11H20O4. The van der Waals surface area contributed by atoms with Gasteiger partial charge in [-0.05, 0) is 33.6 Å². The van der Waals surface area contributed by atoms with Gasteiger partial charge in [-0.3, -0.25) is 0 Å². The highest BCUT2D eigenvalue weighted by Gasteiger charge is 2.43. The summed E-state index contributed by atoms with van der Waals surface area (Å²) in [6.45, 7) is 6.72. The highest BCUT2D eigenvalue weighted by atomic mass is 16.5. The summed E-state index contributed by atoms with van der Waals surface area (Å²) in [7, 11) is 0. The molecule has 1 heterocycles. The highest BCUT2D eigenvalue weighted by Crippen LogP contribution is 2.30. The molecule has 0 aromatic rings. The number of ether oxygens (including phenoxy) is 2. The molecule has 15 heavy (non-hydrogen) atoms. The molecule has 0 aliphatic carbocycles. The number of aliphatic carboxylic acids is 1. The van der Waals surface area contributed by atoms with Gasteiger partial charge in [0.25, 0.3) is 0 Å². The van der Waals surface area contributed by atoms with Crippen molar-refractivity contribution in [2.75, 3.05) is 13.2 Å². The Morgan fingerprint density at radius 1 is 1.33 bits per heavy atom. The van der Waals surface area contributed by atoms with Gasteiger partial charge in [0, 0.05) is 19.6 Å². The Kier molecular flexibility index (Phi) is 3.73. The van der Waals surface area contributed by atoms with Crippen LogP contribution in [0, 0.1) is 0 Å². The van der Waals surface area contributed by atoms with Gasteiger partial charge >= 0.3 is 5.97 Å². The van der Waals surface area contributed by atoms with E-state index < -0.39 is 17.2 Å². The van der Waals surface area contributed by atoms with Crippen LogP contribution in [-0.2, 0) is 14.3 Å². The smallest absolute Gasteiger partial charge is 0.336 e. The second kappa shape index (κ2) is 4.49. The van der Waals surface area contributed by atoms with Gasteiger partial charge < -0.3 is 14.6 Å². The Labute approximate surface area is 90.6 Å². The molecule has 1 aliphatic heterocycles. The second-order valence-electron chi connectivity index (χ2n) is 4.98. The van der Waals surface area contributed by atoms with Crippen LogP contribution in [0.4, 0.5) is 0 Å². The van der Waals surface area contributed by atoms with E-state index in [0.29, 0.717) is 26.1 Å². The Morgan fingerprint density at radius 3 is 2.53 bits per heavy atom. The minimum atomic E-state index is -1.06. The van der Waals surface area contributed by atoms with Crippen molar-refractivity contribution >= 4 is 5.97 Å². The molecule has 0 spiro atoms. The van der Waals surface area contributed by atoms with Gasteiger partial charge in [-0.15, -0.1) is 0 Å². The molecule has 1 unspecified atom stereocenters. The summed E-state index contributed by atoms with van der Waals surface area (Å²) >= 11 is 0. The van der Waals surface area contributed by atoms with E-state index in [1.54, 1.807) is 0 Å². The Morgan fingerprint density at radius 2 is 2.00 bits per heavy atom. The van der Waals surface area contributed by atoms with Gasteiger partial charge in [0.15, 0.2) is 5.60 Å². The number of hydrogen-bond donors (Lipinski definition) is 1. The molecule has 1 rings (SSSR count). The van der Waals surface area contributed by atoms with E-state index in [1.807, 2.05) is 20.8 Å². The first-order valence-electron chi connectivity index (χ1n) is 5.37. The molecule has 1 atom stereocenters. The lowest BCUT2D eigenvalue weighted by Crippen LogP contribution is -2.47. The van der Waals surface area contributed by atoms with E-state index in [4.69, 9.17) is 9.47 Å². The van der Waals surface area contributed by atoms with Crippen molar-refractivity contribution in [1.29, 1.82) is 0 Å². The predicted octanol–water partition coefficient (Wildman–Crippen LogP) is 1.83. The van der Waals surface area contributed by atoms with Crippen molar-refractivity contribution in [2.45, 2.75) is 51.2 Å². The van der Waals surface area contributed by atoms with E-state index in [-0.39, 0.29) is 0 Å². The van der Waals surface area contributed by atoms with Crippen LogP contribution in [0.5, 0.6) is 0 Å². The van der Waals surface area contributed by atoms with Crippen molar-refractivity contribution in [3.05, 3.63) is 0 Å². The topological polar surface area (TPSA) is 55.8 Å². The third-order valence-electron chi connectivity index (χ3n) is 2.41. The van der Waals surface area contributed by atoms with Gasteiger partial charge in [0.05, 0.1) is 5.60 Å². The fraction of sp³-hybridized carbons (Fsp3) is 0.909. The molecular weight excluding hydrogens is 196 g/mol. The number of carbonyl (C=O) groups is 1. The van der Waals surface area contributed by atoms with Crippen molar-refractivity contribution in [1.82, 2.24) is 0 Å². The zero-order valence-corrected chi connectivity index (χ0v) is 9.71. The van der Waals surface area contributed by atoms with Gasteiger partial charge in [-0.1, -0.05) is 0 Å². The Balaban J connectivity index is 2.81. The monoisotopic (exact) mass is 216 g/mol. The summed E-state index contributed by atoms with van der Waals surface area (Å²) in [5.41, 5.74) is -1.50. The first-order valence-corrected chi connectivity index (χ1v) is 5.37. The molecule has 0 radical (unpaired) electrons. The van der Waals surface area contributed by atoms with Crippen LogP contribution in [0.3, 0.4) is 0 Å². The summed E-state index contributed by atoms with van der Waals surface area (Å²) in [5, 5.41) is 9.30. The maximum atomic E-state index is 11.3. The quantitative estimate of drug-likeness (QED) is 0.765. The Bertz CT molecular complexity index is 221. The standard InChI is InChI=1S/C11H20O4/c1-10(2,3)15-11(9(12)13)5-4-7-14-8-6-11/h4-8H2,1-3H3,(H,12,13). The van der Waals surface area contributed by atoms with Crippen LogP contribution in [-0.4, -0.2) is 35.5 Å². The number of hydrogen-bond acceptors (Lipinski definition) is 3. The summed E-state index contributed by atoms with van der Waals surface area (Å²) in [6, 6.07) is 0. The maximum Gasteiger partial charge on any atom is 0.336 e. The summed E-state index contributed by atoms with van der Waals surface area (Å²) in [5.74, 6) is -0.872. The largest absolute Gasteiger partial charge is 0.479 e. The van der Waals surface area contributed by atoms with Crippen LogP contribution in [0.1, 0.15) is 40.0 Å². The number of carboxylic acid groups (broad SMARTS) is 1. The lowest BCUT2D eigenvalue weighted by Gasteiger charge is -2.35. The van der Waals surface area contributed by atoms with Gasteiger partial charge in [-0.2, -0.15) is 0 Å². The molecule has 1 aliphatic rings. The lowest BCUT2D eigenvalue weighted by atomic mass is 9.93. The average Bonchev–Trinajstić information content (AvgIpc) is 2.28. The predicted molar refractivity (Wildman–Crippen MR) is 55.9 cm³/mol. The van der Waals surface area contributed by atoms with Crippen LogP contribution in [0.2, 0.25) is 0 Å². The van der Waals surface area contributed by atoms with E-state index in [0.717, 1.165) is 6.42 Å². The van der Waals surface area contributed by atoms with Crippen LogP contribution in [0.25, 0.3) is 0 Å². The molecule has 1 N–H and O–H groups in total. The van der Waals surface area contributed by atoms with Crippen molar-refractivity contribution < 1.29 is 19.4 Å². The second-order valence-corrected chi connectivity index (χ2v) is 4.98. The minimum absolute atomic E-state index is 0.430. The fourth-order valence-corrected chi connectivity index (χ4v) is 1.87. The molecule has 4 nitrogen and oxygen atoms in total. The molecule has 0 bridgehead atoms. The van der Waals surface area contributed by atoms with Gasteiger partial charge in [-0.25, -0.2) is 4.79 Å². The number of carboxylic acids is 1. The number of rotatable bonds is 2. The van der Waals surface area contributed by atoms with Gasteiger partial charge in [0.2, 0.25) is 0 Å². The van der Waals surface area contributed by atoms with E-state index in [9.17, 15) is 9.90 Å². The van der Waals surface area contributed by atoms with Crippen molar-refractivity contribution in [3.63, 3.8) is 0 Å². The SMILES string of the molecule is CC(C)(C)OC1(C(=O)O)CCCOCC1.